The maximum atomic E-state index is 5.42. The lowest BCUT2D eigenvalue weighted by Gasteiger charge is -2.01. The van der Waals surface area contributed by atoms with Gasteiger partial charge in [0.15, 0.2) is 0 Å². The Balaban J connectivity index is 2.72. The summed E-state index contributed by atoms with van der Waals surface area (Å²) in [6.45, 7) is 5.09. The molecule has 0 bridgehead atoms. The Kier molecular flexibility index (Phi) is 5.93. The molecule has 0 amide bonds. The minimum atomic E-state index is -0.466. The predicted molar refractivity (Wildman–Crippen MR) is 38.8 cm³/mol. The summed E-state index contributed by atoms with van der Waals surface area (Å²) in [7, 11) is -0.466. The maximum Gasteiger partial charge on any atom is 0.204 e. The lowest BCUT2D eigenvalue weighted by molar-refractivity contribution is 0.327. The summed E-state index contributed by atoms with van der Waals surface area (Å²) < 4.78 is 5.30. The van der Waals surface area contributed by atoms with Crippen molar-refractivity contribution in [1.29, 1.82) is 0 Å². The second kappa shape index (κ2) is 5.60. The van der Waals surface area contributed by atoms with Gasteiger partial charge in [0.05, 0.1) is 0 Å². The predicted octanol–water partition coefficient (Wildman–Crippen LogP) is 1.88. The highest BCUT2D eigenvalue weighted by atomic mass is 35.5. The maximum absolute atomic E-state index is 5.42. The van der Waals surface area contributed by atoms with E-state index in [9.17, 15) is 0 Å². The van der Waals surface area contributed by atoms with Crippen molar-refractivity contribution in [1.82, 2.24) is 0 Å². The van der Waals surface area contributed by atoms with Crippen molar-refractivity contribution >= 4 is 20.6 Å². The Morgan fingerprint density at radius 3 is 2.50 bits per heavy atom. The van der Waals surface area contributed by atoms with Crippen molar-refractivity contribution in [3.05, 3.63) is 0 Å². The molecule has 1 radical (unpaired) electrons. The molecule has 0 aromatic carbocycles. The number of halogens is 1. The quantitative estimate of drug-likeness (QED) is 0.339. The molecule has 1 nitrogen and oxygen atoms in total. The van der Waals surface area contributed by atoms with Crippen molar-refractivity contribution in [2.75, 3.05) is 12.5 Å². The van der Waals surface area contributed by atoms with E-state index in [0.29, 0.717) is 0 Å². The Bertz CT molecular complexity index is 49.7. The van der Waals surface area contributed by atoms with Gasteiger partial charge in [-0.2, -0.15) is 0 Å². The van der Waals surface area contributed by atoms with E-state index in [1.165, 1.54) is 0 Å². The second-order valence-corrected chi connectivity index (χ2v) is 4.28. The third kappa shape index (κ3) is 6.47. The van der Waals surface area contributed by atoms with Gasteiger partial charge in [-0.05, 0) is 19.5 Å². The summed E-state index contributed by atoms with van der Waals surface area (Å²) >= 11 is 5.42. The molecule has 8 heavy (non-hydrogen) atoms. The summed E-state index contributed by atoms with van der Waals surface area (Å²) in [4.78, 5) is 0. The normalized spacial score (nSPS) is 10.5. The molecule has 0 aromatic heterocycles. The highest BCUT2D eigenvalue weighted by Gasteiger charge is 1.93. The van der Waals surface area contributed by atoms with E-state index in [0.717, 1.165) is 18.9 Å². The van der Waals surface area contributed by atoms with Crippen molar-refractivity contribution in [2.45, 2.75) is 19.5 Å². The van der Waals surface area contributed by atoms with E-state index in [1.54, 1.807) is 0 Å². The Labute approximate surface area is 57.7 Å². The first-order valence-electron chi connectivity index (χ1n) is 2.76. The van der Waals surface area contributed by atoms with Crippen LogP contribution in [0.4, 0.5) is 0 Å². The average Bonchev–Trinajstić information content (AvgIpc) is 1.66. The fraction of sp³-hybridized carbons (Fsp3) is 1.00. The first kappa shape index (κ1) is 8.47. The Morgan fingerprint density at radius 2 is 2.12 bits per heavy atom. The van der Waals surface area contributed by atoms with Crippen LogP contribution in [0.5, 0.6) is 0 Å². The highest BCUT2D eigenvalue weighted by Crippen LogP contribution is 1.88. The molecule has 0 aliphatic heterocycles. The Morgan fingerprint density at radius 1 is 1.50 bits per heavy atom. The molecule has 0 saturated heterocycles. The average molecular weight is 152 g/mol. The van der Waals surface area contributed by atoms with Gasteiger partial charge in [0, 0.05) is 12.5 Å². The second-order valence-electron chi connectivity index (χ2n) is 1.80. The summed E-state index contributed by atoms with van der Waals surface area (Å²) in [5, 5.41) is 0. The van der Waals surface area contributed by atoms with E-state index < -0.39 is 9.04 Å². The van der Waals surface area contributed by atoms with Crippen LogP contribution < -0.4 is 0 Å². The molecule has 49 valence electrons. The van der Waals surface area contributed by atoms with Gasteiger partial charge in [-0.1, -0.05) is 0 Å². The third-order valence-corrected chi connectivity index (χ3v) is 1.72. The third-order valence-electron chi connectivity index (χ3n) is 0.669. The molecular formula is C5H12ClOSi. The van der Waals surface area contributed by atoms with Crippen LogP contribution in [0.25, 0.3) is 0 Å². The summed E-state index contributed by atoms with van der Waals surface area (Å²) in [5.74, 6) is 0.717. The first-order chi connectivity index (χ1) is 3.77. The van der Waals surface area contributed by atoms with Crippen LogP contribution >= 0.6 is 11.6 Å². The number of alkyl halides is 1. The van der Waals surface area contributed by atoms with E-state index in [-0.39, 0.29) is 0 Å². The topological polar surface area (TPSA) is 9.23 Å². The number of rotatable bonds is 4. The zero-order chi connectivity index (χ0) is 6.41. The molecule has 0 spiro atoms. The van der Waals surface area contributed by atoms with Crippen LogP contribution in [-0.2, 0) is 4.43 Å². The zero-order valence-electron chi connectivity index (χ0n) is 5.41. The van der Waals surface area contributed by atoms with Gasteiger partial charge in [-0.25, -0.2) is 0 Å². The molecule has 0 unspecified atom stereocenters. The van der Waals surface area contributed by atoms with Gasteiger partial charge in [0.25, 0.3) is 0 Å². The molecule has 0 heterocycles. The van der Waals surface area contributed by atoms with Crippen molar-refractivity contribution < 1.29 is 4.43 Å². The van der Waals surface area contributed by atoms with Crippen molar-refractivity contribution in [3.8, 4) is 0 Å². The first-order valence-corrected chi connectivity index (χ1v) is 5.70. The lowest BCUT2D eigenvalue weighted by atomic mass is 10.5. The molecule has 0 rings (SSSR count). The van der Waals surface area contributed by atoms with Crippen molar-refractivity contribution in [2.24, 2.45) is 0 Å². The van der Waals surface area contributed by atoms with E-state index in [4.69, 9.17) is 16.0 Å². The molecule has 0 aliphatic rings. The van der Waals surface area contributed by atoms with Gasteiger partial charge in [-0.15, -0.1) is 11.6 Å². The molecule has 3 heteroatoms. The summed E-state index contributed by atoms with van der Waals surface area (Å²) in [5.41, 5.74) is 0. The van der Waals surface area contributed by atoms with Gasteiger partial charge >= 0.3 is 0 Å². The largest absolute Gasteiger partial charge is 0.417 e. The fourth-order valence-electron chi connectivity index (χ4n) is 0.331. The van der Waals surface area contributed by atoms with Gasteiger partial charge in [-0.3, -0.25) is 0 Å². The van der Waals surface area contributed by atoms with Crippen LogP contribution in [-0.4, -0.2) is 21.5 Å². The minimum Gasteiger partial charge on any atom is -0.417 e. The molecule has 0 saturated carbocycles. The summed E-state index contributed by atoms with van der Waals surface area (Å²) in [6, 6.07) is 0. The summed E-state index contributed by atoms with van der Waals surface area (Å²) in [6.07, 6.45) is 0.984. The Hall–Kier alpha value is 0.467. The van der Waals surface area contributed by atoms with E-state index >= 15 is 0 Å². The minimum absolute atomic E-state index is 0.466. The zero-order valence-corrected chi connectivity index (χ0v) is 7.16. The molecule has 0 N–H and O–H groups in total. The fourth-order valence-corrected chi connectivity index (χ4v) is 0.993. The lowest BCUT2D eigenvalue weighted by Crippen LogP contribution is -2.08. The van der Waals surface area contributed by atoms with Gasteiger partial charge in [0.1, 0.15) is 0 Å². The number of hydrogen-bond acceptors (Lipinski definition) is 1. The molecule has 0 aliphatic carbocycles. The van der Waals surface area contributed by atoms with Crippen LogP contribution in [0.15, 0.2) is 0 Å². The van der Waals surface area contributed by atoms with Crippen LogP contribution in [0.1, 0.15) is 6.42 Å². The smallest absolute Gasteiger partial charge is 0.204 e. The van der Waals surface area contributed by atoms with Crippen molar-refractivity contribution in [3.63, 3.8) is 0 Å². The molecular weight excluding hydrogens is 140 g/mol. The monoisotopic (exact) mass is 151 g/mol. The van der Waals surface area contributed by atoms with Crippen LogP contribution in [0.3, 0.4) is 0 Å². The standard InChI is InChI=1S/C5H12ClOSi/c1-8(2)7-5-3-4-6/h3-5H2,1-2H3. The van der Waals surface area contributed by atoms with Gasteiger partial charge < -0.3 is 4.43 Å². The van der Waals surface area contributed by atoms with Gasteiger partial charge in [0.2, 0.25) is 9.04 Å². The van der Waals surface area contributed by atoms with E-state index in [1.807, 2.05) is 0 Å². The van der Waals surface area contributed by atoms with Crippen LogP contribution in [0.2, 0.25) is 13.1 Å². The molecule has 0 aromatic rings. The van der Waals surface area contributed by atoms with Crippen LogP contribution in [0, 0.1) is 0 Å². The highest BCUT2D eigenvalue weighted by molar-refractivity contribution is 6.48. The number of hydrogen-bond donors (Lipinski definition) is 0. The molecule has 0 fully saturated rings. The van der Waals surface area contributed by atoms with E-state index in [2.05, 4.69) is 13.1 Å². The SMILES string of the molecule is C[Si](C)OCCCCl. The molecule has 0 atom stereocenters.